The Kier molecular flexibility index (Phi) is 15.8. The van der Waals surface area contributed by atoms with Crippen molar-refractivity contribution >= 4 is 11.8 Å². The molecule has 0 bridgehead atoms. The number of ether oxygens (including phenoxy) is 5. The molecule has 0 saturated carbocycles. The standard InChI is InChI=1S/C57H58O6S/c1-3-43-29-31-44(32-30-43)34-50-35-51(52(33-42(50)2)60-37-46-21-11-5-12-22-46)57(58)56(63-40-49-27-17-8-18-28-49)55(62-39-48-25-15-7-16-26-48)54(61-38-47-23-13-6-14-24-47)53(64-57)41-59-36-45-19-9-4-10-20-45/h4-33,35,53-56,58H,3,34,36-41H2,1-2H3/t53-,54-,55+,56-,57?/m1/s1. The highest BCUT2D eigenvalue weighted by molar-refractivity contribution is 8.00. The van der Waals surface area contributed by atoms with Crippen molar-refractivity contribution in [3.63, 3.8) is 0 Å². The van der Waals surface area contributed by atoms with Crippen molar-refractivity contribution < 1.29 is 28.8 Å². The van der Waals surface area contributed by atoms with Gasteiger partial charge in [-0.25, -0.2) is 0 Å². The average molecular weight is 871 g/mol. The fraction of sp³-hybridized carbons (Fsp3) is 0.263. The van der Waals surface area contributed by atoms with Gasteiger partial charge in [0.1, 0.15) is 30.7 Å². The van der Waals surface area contributed by atoms with E-state index in [1.54, 1.807) is 0 Å². The van der Waals surface area contributed by atoms with Crippen molar-refractivity contribution in [3.05, 3.63) is 244 Å². The zero-order valence-corrected chi connectivity index (χ0v) is 37.6. The van der Waals surface area contributed by atoms with Crippen LogP contribution in [0.15, 0.2) is 188 Å². The van der Waals surface area contributed by atoms with Crippen LogP contribution in [-0.2, 0) is 69.8 Å². The molecular weight excluding hydrogens is 813 g/mol. The van der Waals surface area contributed by atoms with Crippen LogP contribution in [0, 0.1) is 6.92 Å². The van der Waals surface area contributed by atoms with Crippen molar-refractivity contribution in [2.45, 2.75) is 88.2 Å². The molecule has 328 valence electrons. The summed E-state index contributed by atoms with van der Waals surface area (Å²) in [6.45, 7) is 6.16. The van der Waals surface area contributed by atoms with Crippen molar-refractivity contribution in [2.75, 3.05) is 6.61 Å². The Morgan fingerprint density at radius 3 is 1.47 bits per heavy atom. The number of aliphatic hydroxyl groups is 1. The summed E-state index contributed by atoms with van der Waals surface area (Å²) in [5, 5.41) is 13.6. The molecule has 1 fully saturated rings. The summed E-state index contributed by atoms with van der Waals surface area (Å²) in [5.74, 6) is 0.587. The van der Waals surface area contributed by atoms with Gasteiger partial charge >= 0.3 is 0 Å². The van der Waals surface area contributed by atoms with Crippen LogP contribution in [0.4, 0.5) is 0 Å². The fourth-order valence-electron chi connectivity index (χ4n) is 8.23. The molecule has 64 heavy (non-hydrogen) atoms. The van der Waals surface area contributed by atoms with Crippen LogP contribution in [0.2, 0.25) is 0 Å². The van der Waals surface area contributed by atoms with Gasteiger partial charge in [-0.3, -0.25) is 0 Å². The Hall–Kier alpha value is -5.51. The molecule has 7 aromatic rings. The molecule has 6 nitrogen and oxygen atoms in total. The first kappa shape index (κ1) is 45.1. The van der Waals surface area contributed by atoms with Gasteiger partial charge in [0.15, 0.2) is 4.93 Å². The van der Waals surface area contributed by atoms with Crippen molar-refractivity contribution in [3.8, 4) is 5.75 Å². The Balaban J connectivity index is 1.25. The third kappa shape index (κ3) is 11.8. The van der Waals surface area contributed by atoms with Gasteiger partial charge in [-0.1, -0.05) is 183 Å². The molecule has 1 heterocycles. The van der Waals surface area contributed by atoms with Crippen LogP contribution in [0.25, 0.3) is 0 Å². The van der Waals surface area contributed by atoms with E-state index in [1.807, 2.05) is 103 Å². The highest BCUT2D eigenvalue weighted by Gasteiger charge is 2.57. The van der Waals surface area contributed by atoms with Gasteiger partial charge in [0.05, 0.1) is 38.3 Å². The molecule has 7 heteroatoms. The largest absolute Gasteiger partial charge is 0.488 e. The van der Waals surface area contributed by atoms with Gasteiger partial charge in [0.25, 0.3) is 0 Å². The van der Waals surface area contributed by atoms with Crippen LogP contribution >= 0.6 is 11.8 Å². The molecule has 1 saturated heterocycles. The lowest BCUT2D eigenvalue weighted by molar-refractivity contribution is -0.199. The first-order chi connectivity index (χ1) is 31.4. The van der Waals surface area contributed by atoms with E-state index in [0.29, 0.717) is 37.6 Å². The number of benzene rings is 7. The summed E-state index contributed by atoms with van der Waals surface area (Å²) in [4.78, 5) is -1.70. The number of aryl methyl sites for hydroxylation is 2. The minimum absolute atomic E-state index is 0.239. The second kappa shape index (κ2) is 22.4. The SMILES string of the molecule is CCc1ccc(Cc2cc(C3(O)S[C@H](COCc4ccccc4)[C@@H](OCc4ccccc4)[C@H](OCc4ccccc4)[C@H]3OCc3ccccc3)c(OCc3ccccc3)cc2C)cc1. The summed E-state index contributed by atoms with van der Waals surface area (Å²) in [5.41, 5.74) is 10.4. The maximum atomic E-state index is 14.0. The van der Waals surface area contributed by atoms with Gasteiger partial charge in [-0.05, 0) is 82.0 Å². The Bertz CT molecular complexity index is 2450. The van der Waals surface area contributed by atoms with Gasteiger partial charge in [0, 0.05) is 5.56 Å². The smallest absolute Gasteiger partial charge is 0.168 e. The van der Waals surface area contributed by atoms with Crippen molar-refractivity contribution in [1.82, 2.24) is 0 Å². The molecule has 0 spiro atoms. The molecule has 1 aliphatic rings. The summed E-state index contributed by atoms with van der Waals surface area (Å²) in [6.07, 6.45) is -0.575. The third-order valence-electron chi connectivity index (χ3n) is 11.8. The van der Waals surface area contributed by atoms with Crippen LogP contribution in [0.5, 0.6) is 5.75 Å². The molecular formula is C57H58O6S. The molecule has 0 amide bonds. The first-order valence-corrected chi connectivity index (χ1v) is 23.2. The molecule has 7 aromatic carbocycles. The number of hydrogen-bond acceptors (Lipinski definition) is 7. The van der Waals surface area contributed by atoms with Gasteiger partial charge in [-0.15, -0.1) is 11.8 Å². The second-order valence-electron chi connectivity index (χ2n) is 16.5. The lowest BCUT2D eigenvalue weighted by atomic mass is 9.89. The quantitative estimate of drug-likeness (QED) is 0.0818. The van der Waals surface area contributed by atoms with Gasteiger partial charge in [-0.2, -0.15) is 0 Å². The van der Waals surface area contributed by atoms with Crippen LogP contribution in [0.3, 0.4) is 0 Å². The minimum atomic E-state index is -1.70. The van der Waals surface area contributed by atoms with Crippen molar-refractivity contribution in [1.29, 1.82) is 0 Å². The second-order valence-corrected chi connectivity index (χ2v) is 18.0. The van der Waals surface area contributed by atoms with Crippen LogP contribution in [-0.4, -0.2) is 35.3 Å². The molecule has 8 rings (SSSR count). The van der Waals surface area contributed by atoms with E-state index in [9.17, 15) is 5.11 Å². The van der Waals surface area contributed by atoms with Crippen molar-refractivity contribution in [2.24, 2.45) is 0 Å². The lowest BCUT2D eigenvalue weighted by Crippen LogP contribution is -2.61. The minimum Gasteiger partial charge on any atom is -0.488 e. The molecule has 1 unspecified atom stereocenters. The summed E-state index contributed by atoms with van der Waals surface area (Å²) in [6, 6.07) is 63.7. The van der Waals surface area contributed by atoms with E-state index in [-0.39, 0.29) is 19.8 Å². The van der Waals surface area contributed by atoms with Gasteiger partial charge in [0.2, 0.25) is 0 Å². The third-order valence-corrected chi connectivity index (χ3v) is 13.3. The Morgan fingerprint density at radius 2 is 0.953 bits per heavy atom. The summed E-state index contributed by atoms with van der Waals surface area (Å²) < 4.78 is 34.6. The highest BCUT2D eigenvalue weighted by atomic mass is 32.2. The Labute approximate surface area is 383 Å². The Morgan fingerprint density at radius 1 is 0.500 bits per heavy atom. The van der Waals surface area contributed by atoms with E-state index in [1.165, 1.54) is 22.9 Å². The highest BCUT2D eigenvalue weighted by Crippen LogP contribution is 2.53. The number of thioether (sulfide) groups is 1. The van der Waals surface area contributed by atoms with Crippen LogP contribution < -0.4 is 4.74 Å². The van der Waals surface area contributed by atoms with E-state index < -0.39 is 28.5 Å². The molecule has 0 aromatic heterocycles. The predicted octanol–water partition coefficient (Wildman–Crippen LogP) is 12.0. The molecule has 5 atom stereocenters. The van der Waals surface area contributed by atoms with E-state index in [2.05, 4.69) is 98.8 Å². The predicted molar refractivity (Wildman–Crippen MR) is 257 cm³/mol. The molecule has 0 aliphatic carbocycles. The van der Waals surface area contributed by atoms with E-state index in [0.717, 1.165) is 45.4 Å². The first-order valence-electron chi connectivity index (χ1n) is 22.3. The number of rotatable bonds is 20. The zero-order valence-electron chi connectivity index (χ0n) is 36.8. The van der Waals surface area contributed by atoms with Crippen LogP contribution in [0.1, 0.15) is 62.6 Å². The van der Waals surface area contributed by atoms with E-state index in [4.69, 9.17) is 23.7 Å². The monoisotopic (exact) mass is 870 g/mol. The molecule has 1 N–H and O–H groups in total. The maximum Gasteiger partial charge on any atom is 0.168 e. The lowest BCUT2D eigenvalue weighted by Gasteiger charge is -2.50. The summed E-state index contributed by atoms with van der Waals surface area (Å²) in [7, 11) is 0. The maximum absolute atomic E-state index is 14.0. The topological polar surface area (TPSA) is 66.4 Å². The fourth-order valence-corrected chi connectivity index (χ4v) is 9.85. The normalized spacial score (nSPS) is 19.6. The zero-order chi connectivity index (χ0) is 44.0. The van der Waals surface area contributed by atoms with Gasteiger partial charge < -0.3 is 28.8 Å². The number of hydrogen-bond donors (Lipinski definition) is 1. The molecule has 0 radical (unpaired) electrons. The van der Waals surface area contributed by atoms with E-state index >= 15 is 0 Å². The average Bonchev–Trinajstić information content (AvgIpc) is 3.34. The summed E-state index contributed by atoms with van der Waals surface area (Å²) >= 11 is 1.42. The molecule has 1 aliphatic heterocycles.